The Kier molecular flexibility index (Phi) is 6.58. The number of nitrogens with one attached hydrogen (secondary N) is 1. The first-order valence-electron chi connectivity index (χ1n) is 7.43. The smallest absolute Gasteiger partial charge is 0.121 e. The molecular formula is C18H23NO3. The van der Waals surface area contributed by atoms with E-state index in [1.54, 1.807) is 7.11 Å². The van der Waals surface area contributed by atoms with E-state index >= 15 is 0 Å². The van der Waals surface area contributed by atoms with Gasteiger partial charge in [-0.2, -0.15) is 0 Å². The predicted octanol–water partition coefficient (Wildman–Crippen LogP) is 3.51. The van der Waals surface area contributed by atoms with Crippen LogP contribution in [0.4, 0.5) is 5.69 Å². The molecule has 0 bridgehead atoms. The van der Waals surface area contributed by atoms with Crippen LogP contribution in [-0.2, 0) is 4.74 Å². The number of rotatable bonds is 9. The topological polar surface area (TPSA) is 39.7 Å². The average molecular weight is 301 g/mol. The third-order valence-corrected chi connectivity index (χ3v) is 3.08. The summed E-state index contributed by atoms with van der Waals surface area (Å²) in [6, 6.07) is 15.9. The highest BCUT2D eigenvalue weighted by Gasteiger charge is 1.98. The molecule has 0 aliphatic carbocycles. The Morgan fingerprint density at radius 3 is 2.36 bits per heavy atom. The lowest BCUT2D eigenvalue weighted by Gasteiger charge is -2.11. The van der Waals surface area contributed by atoms with Crippen molar-refractivity contribution in [2.45, 2.75) is 6.92 Å². The van der Waals surface area contributed by atoms with Crippen molar-refractivity contribution >= 4 is 5.69 Å². The van der Waals surface area contributed by atoms with Crippen molar-refractivity contribution in [3.63, 3.8) is 0 Å². The fourth-order valence-electron chi connectivity index (χ4n) is 2.01. The average Bonchev–Trinajstić information content (AvgIpc) is 2.52. The molecule has 0 radical (unpaired) electrons. The molecule has 0 saturated heterocycles. The minimum absolute atomic E-state index is 0.552. The maximum absolute atomic E-state index is 5.71. The Hall–Kier alpha value is -2.20. The lowest BCUT2D eigenvalue weighted by atomic mass is 10.2. The van der Waals surface area contributed by atoms with E-state index in [-0.39, 0.29) is 0 Å². The van der Waals surface area contributed by atoms with Crippen LogP contribution in [0.2, 0.25) is 0 Å². The van der Waals surface area contributed by atoms with E-state index in [9.17, 15) is 0 Å². The van der Waals surface area contributed by atoms with Gasteiger partial charge in [0.1, 0.15) is 24.7 Å². The summed E-state index contributed by atoms with van der Waals surface area (Å²) in [7, 11) is 1.66. The van der Waals surface area contributed by atoms with E-state index in [4.69, 9.17) is 14.2 Å². The van der Waals surface area contributed by atoms with Crippen molar-refractivity contribution < 1.29 is 14.2 Å². The Balaban J connectivity index is 1.73. The van der Waals surface area contributed by atoms with E-state index < -0.39 is 0 Å². The largest absolute Gasteiger partial charge is 0.492 e. The van der Waals surface area contributed by atoms with Gasteiger partial charge in [-0.15, -0.1) is 0 Å². The zero-order valence-corrected chi connectivity index (χ0v) is 13.2. The van der Waals surface area contributed by atoms with Gasteiger partial charge in [0, 0.05) is 25.4 Å². The van der Waals surface area contributed by atoms with Crippen molar-refractivity contribution in [2.75, 3.05) is 38.8 Å². The Morgan fingerprint density at radius 2 is 1.59 bits per heavy atom. The van der Waals surface area contributed by atoms with Gasteiger partial charge in [0.05, 0.1) is 6.61 Å². The second kappa shape index (κ2) is 8.95. The third-order valence-electron chi connectivity index (χ3n) is 3.08. The summed E-state index contributed by atoms with van der Waals surface area (Å²) in [4.78, 5) is 0. The number of hydrogen-bond acceptors (Lipinski definition) is 4. The van der Waals surface area contributed by atoms with Crippen molar-refractivity contribution in [3.8, 4) is 11.5 Å². The van der Waals surface area contributed by atoms with Gasteiger partial charge < -0.3 is 19.5 Å². The van der Waals surface area contributed by atoms with Crippen LogP contribution in [0.5, 0.6) is 11.5 Å². The van der Waals surface area contributed by atoms with E-state index in [0.29, 0.717) is 19.8 Å². The molecule has 1 N–H and O–H groups in total. The summed E-state index contributed by atoms with van der Waals surface area (Å²) < 4.78 is 16.3. The zero-order chi connectivity index (χ0) is 15.6. The number of ether oxygens (including phenoxy) is 3. The minimum Gasteiger partial charge on any atom is -0.492 e. The Morgan fingerprint density at radius 1 is 0.864 bits per heavy atom. The van der Waals surface area contributed by atoms with Gasteiger partial charge in [-0.3, -0.25) is 0 Å². The molecule has 0 aromatic heterocycles. The van der Waals surface area contributed by atoms with Gasteiger partial charge >= 0.3 is 0 Å². The molecule has 2 aromatic rings. The van der Waals surface area contributed by atoms with Gasteiger partial charge in [0.2, 0.25) is 0 Å². The highest BCUT2D eigenvalue weighted by atomic mass is 16.5. The van der Waals surface area contributed by atoms with Crippen LogP contribution < -0.4 is 14.8 Å². The summed E-state index contributed by atoms with van der Waals surface area (Å²) in [5, 5.41) is 3.32. The number of methoxy groups -OCH3 is 1. The molecule has 2 rings (SSSR count). The first-order chi connectivity index (χ1) is 10.8. The van der Waals surface area contributed by atoms with Gasteiger partial charge in [-0.05, 0) is 36.8 Å². The van der Waals surface area contributed by atoms with Crippen LogP contribution in [0.15, 0.2) is 48.5 Å². The molecule has 4 nitrogen and oxygen atoms in total. The number of hydrogen-bond donors (Lipinski definition) is 1. The molecule has 0 amide bonds. The maximum atomic E-state index is 5.71. The van der Waals surface area contributed by atoms with E-state index in [1.165, 1.54) is 5.56 Å². The number of anilines is 1. The van der Waals surface area contributed by atoms with Crippen LogP contribution in [0.1, 0.15) is 5.56 Å². The van der Waals surface area contributed by atoms with Crippen LogP contribution in [0.3, 0.4) is 0 Å². The molecule has 0 unspecified atom stereocenters. The molecular weight excluding hydrogens is 278 g/mol. The predicted molar refractivity (Wildman–Crippen MR) is 89.0 cm³/mol. The first-order valence-corrected chi connectivity index (χ1v) is 7.43. The highest BCUT2D eigenvalue weighted by Crippen LogP contribution is 2.17. The monoisotopic (exact) mass is 301 g/mol. The quantitative estimate of drug-likeness (QED) is 0.720. The molecule has 0 fully saturated rings. The lowest BCUT2D eigenvalue weighted by Crippen LogP contribution is -2.11. The van der Waals surface area contributed by atoms with Crippen molar-refractivity contribution in [1.29, 1.82) is 0 Å². The van der Waals surface area contributed by atoms with Gasteiger partial charge in [0.15, 0.2) is 0 Å². The maximum Gasteiger partial charge on any atom is 0.121 e. The van der Waals surface area contributed by atoms with Crippen LogP contribution in [0, 0.1) is 6.92 Å². The summed E-state index contributed by atoms with van der Waals surface area (Å²) in [6.07, 6.45) is 0. The minimum atomic E-state index is 0.552. The second-order valence-electron chi connectivity index (χ2n) is 4.96. The zero-order valence-electron chi connectivity index (χ0n) is 13.2. The van der Waals surface area contributed by atoms with Crippen molar-refractivity contribution in [1.82, 2.24) is 0 Å². The lowest BCUT2D eigenvalue weighted by molar-refractivity contribution is 0.146. The third kappa shape index (κ3) is 5.66. The van der Waals surface area contributed by atoms with Crippen LogP contribution in [-0.4, -0.2) is 33.5 Å². The summed E-state index contributed by atoms with van der Waals surface area (Å²) in [5.41, 5.74) is 2.22. The molecule has 0 heterocycles. The molecule has 0 saturated carbocycles. The number of aryl methyl sites for hydroxylation is 1. The Labute approximate surface area is 132 Å². The molecule has 0 aliphatic rings. The summed E-state index contributed by atoms with van der Waals surface area (Å²) in [6.45, 7) is 4.53. The summed E-state index contributed by atoms with van der Waals surface area (Å²) >= 11 is 0. The fourth-order valence-corrected chi connectivity index (χ4v) is 2.01. The van der Waals surface area contributed by atoms with Crippen molar-refractivity contribution in [3.05, 3.63) is 54.1 Å². The Bertz CT molecular complexity index is 572. The standard InChI is InChI=1S/C18H23NO3/c1-15-5-3-7-17(13-15)21-10-9-19-16-6-4-8-18(14-16)22-12-11-20-2/h3-8,13-14,19H,9-12H2,1-2H3. The van der Waals surface area contributed by atoms with Gasteiger partial charge in [-0.25, -0.2) is 0 Å². The number of benzene rings is 2. The van der Waals surface area contributed by atoms with Crippen molar-refractivity contribution in [2.24, 2.45) is 0 Å². The molecule has 2 aromatic carbocycles. The normalized spacial score (nSPS) is 10.3. The van der Waals surface area contributed by atoms with Gasteiger partial charge in [0.25, 0.3) is 0 Å². The SMILES string of the molecule is COCCOc1cccc(NCCOc2cccc(C)c2)c1. The summed E-state index contributed by atoms with van der Waals surface area (Å²) in [5.74, 6) is 1.74. The van der Waals surface area contributed by atoms with E-state index in [1.807, 2.05) is 42.5 Å². The fraction of sp³-hybridized carbons (Fsp3) is 0.333. The molecule has 22 heavy (non-hydrogen) atoms. The molecule has 0 aliphatic heterocycles. The first kappa shape index (κ1) is 16.2. The van der Waals surface area contributed by atoms with E-state index in [0.717, 1.165) is 23.7 Å². The van der Waals surface area contributed by atoms with Crippen LogP contribution >= 0.6 is 0 Å². The molecule has 0 spiro atoms. The highest BCUT2D eigenvalue weighted by molar-refractivity contribution is 5.48. The van der Waals surface area contributed by atoms with Crippen LogP contribution in [0.25, 0.3) is 0 Å². The second-order valence-corrected chi connectivity index (χ2v) is 4.96. The van der Waals surface area contributed by atoms with Gasteiger partial charge in [-0.1, -0.05) is 18.2 Å². The molecule has 4 heteroatoms. The molecule has 0 atom stereocenters. The van der Waals surface area contributed by atoms with E-state index in [2.05, 4.69) is 18.3 Å². The molecule has 118 valence electrons.